The van der Waals surface area contributed by atoms with E-state index in [9.17, 15) is 4.79 Å². The fourth-order valence-corrected chi connectivity index (χ4v) is 5.00. The molecule has 0 spiro atoms. The van der Waals surface area contributed by atoms with Gasteiger partial charge in [0, 0.05) is 29.8 Å². The Bertz CT molecular complexity index is 1060. The van der Waals surface area contributed by atoms with E-state index < -0.39 is 0 Å². The molecule has 4 rings (SSSR count). The van der Waals surface area contributed by atoms with Gasteiger partial charge in [-0.2, -0.15) is 0 Å². The van der Waals surface area contributed by atoms with Crippen molar-refractivity contribution in [2.24, 2.45) is 0 Å². The molecule has 1 N–H and O–H groups in total. The summed E-state index contributed by atoms with van der Waals surface area (Å²) in [5.41, 5.74) is 3.99. The molecule has 1 aliphatic rings. The molecule has 1 saturated heterocycles. The Balaban J connectivity index is 1.63. The van der Waals surface area contributed by atoms with E-state index in [0.717, 1.165) is 52.8 Å². The van der Waals surface area contributed by atoms with Crippen LogP contribution in [0.1, 0.15) is 31.7 Å². The highest BCUT2D eigenvalue weighted by Gasteiger charge is 2.29. The fraction of sp³-hybridized carbons (Fsp3) is 0.385. The maximum absolute atomic E-state index is 13.3. The zero-order valence-corrected chi connectivity index (χ0v) is 20.2. The molecule has 174 valence electrons. The van der Waals surface area contributed by atoms with Gasteiger partial charge in [-0.05, 0) is 68.1 Å². The number of hydrogen-bond acceptors (Lipinski definition) is 6. The largest absolute Gasteiger partial charge is 0.497 e. The summed E-state index contributed by atoms with van der Waals surface area (Å²) in [6, 6.07) is 15.7. The number of benzene rings is 2. The lowest BCUT2D eigenvalue weighted by Gasteiger charge is -2.30. The molecule has 0 radical (unpaired) electrons. The van der Waals surface area contributed by atoms with Gasteiger partial charge in [-0.1, -0.05) is 19.1 Å². The third-order valence-corrected chi connectivity index (χ3v) is 6.73. The molecular formula is C26H31N3O3S. The number of amides is 1. The third kappa shape index (κ3) is 5.54. The van der Waals surface area contributed by atoms with Gasteiger partial charge in [-0.15, -0.1) is 11.3 Å². The Kier molecular flexibility index (Phi) is 7.62. The zero-order valence-electron chi connectivity index (χ0n) is 19.4. The standard InChI is InChI=1S/C26H31N3O3S/c1-4-24(25(30)27-16-22-9-6-14-32-22)29(20-8-5-7-18(2)15-20)26-28-23(17-33-26)19-10-12-21(31-3)13-11-19/h5,7-8,10-13,15,17,22,24H,4,6,9,14,16H2,1-3H3,(H,27,30)/t22-,24-/m1/s1. The van der Waals surface area contributed by atoms with Crippen LogP contribution in [-0.4, -0.2) is 43.3 Å². The van der Waals surface area contributed by atoms with Crippen LogP contribution in [0.25, 0.3) is 11.3 Å². The summed E-state index contributed by atoms with van der Waals surface area (Å²) in [6.07, 6.45) is 2.82. The number of thiazole rings is 1. The van der Waals surface area contributed by atoms with Crippen LogP contribution in [0.3, 0.4) is 0 Å². The Hall–Kier alpha value is -2.90. The number of hydrogen-bond donors (Lipinski definition) is 1. The number of rotatable bonds is 9. The van der Waals surface area contributed by atoms with Crippen molar-refractivity contribution in [2.75, 3.05) is 25.2 Å². The summed E-state index contributed by atoms with van der Waals surface area (Å²) in [5.74, 6) is 0.806. The number of methoxy groups -OCH3 is 1. The SMILES string of the molecule is CC[C@H](C(=O)NC[C@H]1CCCO1)N(c1cccc(C)c1)c1nc(-c2ccc(OC)cc2)cs1. The van der Waals surface area contributed by atoms with Crippen LogP contribution < -0.4 is 15.0 Å². The van der Waals surface area contributed by atoms with E-state index in [2.05, 4.69) is 29.3 Å². The molecule has 1 fully saturated rings. The summed E-state index contributed by atoms with van der Waals surface area (Å²) >= 11 is 1.55. The van der Waals surface area contributed by atoms with Crippen molar-refractivity contribution >= 4 is 28.1 Å². The molecule has 2 atom stereocenters. The Morgan fingerprint density at radius 1 is 1.30 bits per heavy atom. The predicted octanol–water partition coefficient (Wildman–Crippen LogP) is 5.34. The number of carbonyl (C=O) groups is 1. The molecule has 2 aromatic carbocycles. The highest BCUT2D eigenvalue weighted by molar-refractivity contribution is 7.14. The van der Waals surface area contributed by atoms with E-state index in [1.165, 1.54) is 0 Å². The van der Waals surface area contributed by atoms with Crippen molar-refractivity contribution in [1.82, 2.24) is 10.3 Å². The minimum Gasteiger partial charge on any atom is -0.497 e. The molecule has 0 unspecified atom stereocenters. The topological polar surface area (TPSA) is 63.7 Å². The van der Waals surface area contributed by atoms with Gasteiger partial charge < -0.3 is 19.7 Å². The summed E-state index contributed by atoms with van der Waals surface area (Å²) in [5, 5.41) is 5.95. The maximum atomic E-state index is 13.3. The number of nitrogens with one attached hydrogen (secondary N) is 1. The highest BCUT2D eigenvalue weighted by atomic mass is 32.1. The molecule has 0 bridgehead atoms. The first-order valence-corrected chi connectivity index (χ1v) is 12.3. The molecule has 2 heterocycles. The van der Waals surface area contributed by atoms with Crippen LogP contribution in [0.4, 0.5) is 10.8 Å². The third-order valence-electron chi connectivity index (χ3n) is 5.89. The smallest absolute Gasteiger partial charge is 0.243 e. The monoisotopic (exact) mass is 465 g/mol. The minimum atomic E-state index is -0.372. The summed E-state index contributed by atoms with van der Waals surface area (Å²) in [7, 11) is 1.66. The molecule has 7 heteroatoms. The second-order valence-electron chi connectivity index (χ2n) is 8.26. The van der Waals surface area contributed by atoms with Crippen molar-refractivity contribution < 1.29 is 14.3 Å². The van der Waals surface area contributed by atoms with Crippen LogP contribution in [0, 0.1) is 6.92 Å². The Morgan fingerprint density at radius 2 is 2.12 bits per heavy atom. The number of anilines is 2. The molecule has 6 nitrogen and oxygen atoms in total. The molecular weight excluding hydrogens is 434 g/mol. The first kappa shape index (κ1) is 23.3. The number of aromatic nitrogens is 1. The number of aryl methyl sites for hydroxylation is 1. The number of carbonyl (C=O) groups excluding carboxylic acids is 1. The Labute approximate surface area is 199 Å². The van der Waals surface area contributed by atoms with E-state index >= 15 is 0 Å². The summed E-state index contributed by atoms with van der Waals surface area (Å²) in [4.78, 5) is 20.3. The van der Waals surface area contributed by atoms with Crippen LogP contribution in [0.5, 0.6) is 5.75 Å². The molecule has 1 aromatic heterocycles. The second-order valence-corrected chi connectivity index (χ2v) is 9.09. The second kappa shape index (κ2) is 10.8. The fourth-order valence-electron chi connectivity index (χ4n) is 4.09. The molecule has 1 amide bonds. The molecule has 33 heavy (non-hydrogen) atoms. The predicted molar refractivity (Wildman–Crippen MR) is 133 cm³/mol. The van der Waals surface area contributed by atoms with Crippen molar-refractivity contribution in [3.8, 4) is 17.0 Å². The van der Waals surface area contributed by atoms with Gasteiger partial charge in [-0.25, -0.2) is 4.98 Å². The first-order chi connectivity index (χ1) is 16.1. The van der Waals surface area contributed by atoms with E-state index in [-0.39, 0.29) is 18.1 Å². The normalized spacial score (nSPS) is 16.4. The average molecular weight is 466 g/mol. The van der Waals surface area contributed by atoms with E-state index in [1.54, 1.807) is 18.4 Å². The van der Waals surface area contributed by atoms with E-state index in [1.807, 2.05) is 48.7 Å². The molecule has 0 saturated carbocycles. The van der Waals surface area contributed by atoms with Gasteiger partial charge in [0.05, 0.1) is 18.9 Å². The highest BCUT2D eigenvalue weighted by Crippen LogP contribution is 2.35. The lowest BCUT2D eigenvalue weighted by Crippen LogP contribution is -2.46. The van der Waals surface area contributed by atoms with Crippen LogP contribution >= 0.6 is 11.3 Å². The van der Waals surface area contributed by atoms with Crippen molar-refractivity contribution in [1.29, 1.82) is 0 Å². The first-order valence-electron chi connectivity index (χ1n) is 11.4. The number of nitrogens with zero attached hydrogens (tertiary/aromatic N) is 2. The van der Waals surface area contributed by atoms with Crippen molar-refractivity contribution in [3.63, 3.8) is 0 Å². The number of ether oxygens (including phenoxy) is 2. The van der Waals surface area contributed by atoms with E-state index in [0.29, 0.717) is 13.0 Å². The molecule has 1 aliphatic heterocycles. The van der Waals surface area contributed by atoms with Crippen molar-refractivity contribution in [2.45, 2.75) is 45.3 Å². The minimum absolute atomic E-state index is 0.00398. The van der Waals surface area contributed by atoms with Gasteiger partial charge in [-0.3, -0.25) is 4.79 Å². The Morgan fingerprint density at radius 3 is 2.79 bits per heavy atom. The van der Waals surface area contributed by atoms with Crippen molar-refractivity contribution in [3.05, 3.63) is 59.5 Å². The lowest BCUT2D eigenvalue weighted by molar-refractivity contribution is -0.122. The molecule has 3 aromatic rings. The average Bonchev–Trinajstić information content (AvgIpc) is 3.53. The van der Waals surface area contributed by atoms with Gasteiger partial charge >= 0.3 is 0 Å². The maximum Gasteiger partial charge on any atom is 0.243 e. The van der Waals surface area contributed by atoms with Crippen LogP contribution in [0.2, 0.25) is 0 Å². The quantitative estimate of drug-likeness (QED) is 0.462. The zero-order chi connectivity index (χ0) is 23.2. The summed E-state index contributed by atoms with van der Waals surface area (Å²) < 4.78 is 11.0. The lowest BCUT2D eigenvalue weighted by atomic mass is 10.1. The molecule has 0 aliphatic carbocycles. The summed E-state index contributed by atoms with van der Waals surface area (Å²) in [6.45, 7) is 5.42. The van der Waals surface area contributed by atoms with E-state index in [4.69, 9.17) is 14.5 Å². The van der Waals surface area contributed by atoms with Gasteiger partial charge in [0.2, 0.25) is 5.91 Å². The van der Waals surface area contributed by atoms with Crippen LogP contribution in [0.15, 0.2) is 53.9 Å². The van der Waals surface area contributed by atoms with Gasteiger partial charge in [0.25, 0.3) is 0 Å². The van der Waals surface area contributed by atoms with Gasteiger partial charge in [0.15, 0.2) is 5.13 Å². The van der Waals surface area contributed by atoms with Gasteiger partial charge in [0.1, 0.15) is 11.8 Å². The van der Waals surface area contributed by atoms with Crippen LogP contribution in [-0.2, 0) is 9.53 Å².